The van der Waals surface area contributed by atoms with Gasteiger partial charge in [0.15, 0.2) is 0 Å². The summed E-state index contributed by atoms with van der Waals surface area (Å²) in [5.74, 6) is 0.865. The SMILES string of the molecule is c1cnnc(C2CC3CCN2C32CCNC2)c1. The summed E-state index contributed by atoms with van der Waals surface area (Å²) in [4.78, 5) is 2.71. The summed E-state index contributed by atoms with van der Waals surface area (Å²) in [7, 11) is 0. The lowest BCUT2D eigenvalue weighted by molar-refractivity contribution is 0.144. The van der Waals surface area contributed by atoms with E-state index in [-0.39, 0.29) is 0 Å². The lowest BCUT2D eigenvalue weighted by Gasteiger charge is -2.33. The van der Waals surface area contributed by atoms with Crippen LogP contribution in [0, 0.1) is 5.92 Å². The zero-order chi connectivity index (χ0) is 11.3. The van der Waals surface area contributed by atoms with Crippen LogP contribution < -0.4 is 5.32 Å². The smallest absolute Gasteiger partial charge is 0.0803 e. The highest BCUT2D eigenvalue weighted by molar-refractivity contribution is 5.20. The summed E-state index contributed by atoms with van der Waals surface area (Å²) < 4.78 is 0. The predicted molar refractivity (Wildman–Crippen MR) is 64.4 cm³/mol. The van der Waals surface area contributed by atoms with Crippen molar-refractivity contribution in [3.8, 4) is 0 Å². The van der Waals surface area contributed by atoms with Crippen LogP contribution in [0.15, 0.2) is 18.3 Å². The monoisotopic (exact) mass is 230 g/mol. The van der Waals surface area contributed by atoms with Crippen molar-refractivity contribution < 1.29 is 0 Å². The first-order valence-electron chi connectivity index (χ1n) is 6.65. The normalized spacial score (nSPS) is 43.6. The summed E-state index contributed by atoms with van der Waals surface area (Å²) in [6.07, 6.45) is 5.73. The van der Waals surface area contributed by atoms with Crippen LogP contribution in [0.1, 0.15) is 31.0 Å². The van der Waals surface area contributed by atoms with Gasteiger partial charge in [-0.25, -0.2) is 0 Å². The summed E-state index contributed by atoms with van der Waals surface area (Å²) in [5, 5.41) is 11.9. The number of hydrogen-bond acceptors (Lipinski definition) is 4. The number of nitrogens with zero attached hydrogens (tertiary/aromatic N) is 3. The third-order valence-electron chi connectivity index (χ3n) is 5.03. The molecule has 90 valence electrons. The molecule has 1 aromatic heterocycles. The Kier molecular flexibility index (Phi) is 2.05. The Hall–Kier alpha value is -1.00. The fourth-order valence-corrected chi connectivity index (χ4v) is 4.28. The second-order valence-corrected chi connectivity index (χ2v) is 5.61. The molecule has 3 aliphatic heterocycles. The van der Waals surface area contributed by atoms with Gasteiger partial charge in [-0.1, -0.05) is 0 Å². The van der Waals surface area contributed by atoms with E-state index in [0.717, 1.165) is 5.92 Å². The van der Waals surface area contributed by atoms with E-state index < -0.39 is 0 Å². The average Bonchev–Trinajstić information content (AvgIpc) is 3.08. The minimum Gasteiger partial charge on any atom is -0.315 e. The topological polar surface area (TPSA) is 41.1 Å². The number of rotatable bonds is 1. The Labute approximate surface area is 101 Å². The molecule has 3 saturated heterocycles. The fourth-order valence-electron chi connectivity index (χ4n) is 4.28. The van der Waals surface area contributed by atoms with Crippen LogP contribution in [0.3, 0.4) is 0 Å². The molecule has 0 radical (unpaired) electrons. The second-order valence-electron chi connectivity index (χ2n) is 5.61. The predicted octanol–water partition coefficient (Wildman–Crippen LogP) is 0.975. The van der Waals surface area contributed by atoms with Crippen LogP contribution in [-0.2, 0) is 0 Å². The van der Waals surface area contributed by atoms with Gasteiger partial charge in [0.05, 0.1) is 11.7 Å². The molecule has 1 N–H and O–H groups in total. The molecule has 0 aromatic carbocycles. The Bertz CT molecular complexity index is 413. The van der Waals surface area contributed by atoms with E-state index in [1.165, 1.54) is 44.6 Å². The van der Waals surface area contributed by atoms with Crippen molar-refractivity contribution in [3.63, 3.8) is 0 Å². The lowest BCUT2D eigenvalue weighted by Crippen LogP contribution is -2.44. The first kappa shape index (κ1) is 9.97. The van der Waals surface area contributed by atoms with Crippen molar-refractivity contribution in [2.75, 3.05) is 19.6 Å². The van der Waals surface area contributed by atoms with Crippen LogP contribution in [0.5, 0.6) is 0 Å². The third kappa shape index (κ3) is 1.25. The molecule has 17 heavy (non-hydrogen) atoms. The third-order valence-corrected chi connectivity index (χ3v) is 5.03. The van der Waals surface area contributed by atoms with E-state index in [4.69, 9.17) is 0 Å². The van der Waals surface area contributed by atoms with Crippen LogP contribution in [-0.4, -0.2) is 40.3 Å². The van der Waals surface area contributed by atoms with Gasteiger partial charge in [-0.3, -0.25) is 4.90 Å². The minimum atomic E-state index is 0.447. The average molecular weight is 230 g/mol. The number of hydrogen-bond donors (Lipinski definition) is 1. The van der Waals surface area contributed by atoms with Crippen molar-refractivity contribution >= 4 is 0 Å². The molecule has 0 aliphatic carbocycles. The highest BCUT2D eigenvalue weighted by Crippen LogP contribution is 2.54. The number of aromatic nitrogens is 2. The van der Waals surface area contributed by atoms with Crippen molar-refractivity contribution in [1.29, 1.82) is 0 Å². The zero-order valence-electron chi connectivity index (χ0n) is 9.97. The first-order valence-corrected chi connectivity index (χ1v) is 6.65. The second kappa shape index (κ2) is 3.50. The minimum absolute atomic E-state index is 0.447. The van der Waals surface area contributed by atoms with Gasteiger partial charge >= 0.3 is 0 Å². The van der Waals surface area contributed by atoms with Crippen LogP contribution in [0.4, 0.5) is 0 Å². The summed E-state index contributed by atoms with van der Waals surface area (Å²) in [6.45, 7) is 3.60. The van der Waals surface area contributed by atoms with Crippen LogP contribution in [0.2, 0.25) is 0 Å². The van der Waals surface area contributed by atoms with E-state index in [2.05, 4.69) is 26.5 Å². The van der Waals surface area contributed by atoms with Gasteiger partial charge in [0, 0.05) is 18.3 Å². The van der Waals surface area contributed by atoms with Gasteiger partial charge in [0.2, 0.25) is 0 Å². The van der Waals surface area contributed by atoms with E-state index in [1.54, 1.807) is 6.20 Å². The molecule has 1 aromatic rings. The van der Waals surface area contributed by atoms with Gasteiger partial charge in [-0.05, 0) is 50.4 Å². The molecule has 4 unspecified atom stereocenters. The molecule has 4 heteroatoms. The van der Waals surface area contributed by atoms with Gasteiger partial charge < -0.3 is 5.32 Å². The molecule has 3 aliphatic rings. The Morgan fingerprint density at radius 2 is 2.47 bits per heavy atom. The highest BCUT2D eigenvalue weighted by atomic mass is 15.3. The van der Waals surface area contributed by atoms with Crippen LogP contribution in [0.25, 0.3) is 0 Å². The Morgan fingerprint density at radius 1 is 1.47 bits per heavy atom. The van der Waals surface area contributed by atoms with Gasteiger partial charge in [-0.15, -0.1) is 0 Å². The van der Waals surface area contributed by atoms with E-state index in [9.17, 15) is 0 Å². The molecular weight excluding hydrogens is 212 g/mol. The largest absolute Gasteiger partial charge is 0.315 e. The highest BCUT2D eigenvalue weighted by Gasteiger charge is 2.58. The molecule has 1 spiro atoms. The molecule has 4 atom stereocenters. The summed E-state index contributed by atoms with van der Waals surface area (Å²) >= 11 is 0. The fraction of sp³-hybridized carbons (Fsp3) is 0.692. The number of nitrogens with one attached hydrogen (secondary N) is 1. The molecule has 4 nitrogen and oxygen atoms in total. The molecular formula is C13H18N4. The quantitative estimate of drug-likeness (QED) is 0.780. The van der Waals surface area contributed by atoms with Crippen molar-refractivity contribution in [2.24, 2.45) is 5.92 Å². The molecule has 0 amide bonds. The van der Waals surface area contributed by atoms with E-state index in [1.807, 2.05) is 6.07 Å². The van der Waals surface area contributed by atoms with Gasteiger partial charge in [0.1, 0.15) is 0 Å². The maximum absolute atomic E-state index is 4.32. The van der Waals surface area contributed by atoms with Crippen molar-refractivity contribution in [3.05, 3.63) is 24.0 Å². The maximum atomic E-state index is 4.32. The lowest BCUT2D eigenvalue weighted by atomic mass is 9.84. The zero-order valence-corrected chi connectivity index (χ0v) is 9.97. The summed E-state index contributed by atoms with van der Waals surface area (Å²) in [6, 6.07) is 4.66. The van der Waals surface area contributed by atoms with Crippen molar-refractivity contribution in [2.45, 2.75) is 30.8 Å². The van der Waals surface area contributed by atoms with Gasteiger partial charge in [-0.2, -0.15) is 10.2 Å². The first-order chi connectivity index (χ1) is 8.40. The molecule has 2 bridgehead atoms. The van der Waals surface area contributed by atoms with Crippen LogP contribution >= 0.6 is 0 Å². The number of piperidine rings is 1. The Balaban J connectivity index is 1.69. The Morgan fingerprint density at radius 3 is 3.24 bits per heavy atom. The van der Waals surface area contributed by atoms with Gasteiger partial charge in [0.25, 0.3) is 0 Å². The maximum Gasteiger partial charge on any atom is 0.0803 e. The molecule has 3 fully saturated rings. The standard InChI is InChI=1S/C13H18N4/c1-2-11(16-15-5-1)12-8-10-3-7-17(12)13(10)4-6-14-9-13/h1-2,5,10,12,14H,3-4,6-9H2. The van der Waals surface area contributed by atoms with Crippen molar-refractivity contribution in [1.82, 2.24) is 20.4 Å². The molecule has 0 saturated carbocycles. The molecule has 4 rings (SSSR count). The summed E-state index contributed by atoms with van der Waals surface area (Å²) in [5.41, 5.74) is 1.61. The van der Waals surface area contributed by atoms with E-state index >= 15 is 0 Å². The molecule has 4 heterocycles. The van der Waals surface area contributed by atoms with E-state index in [0.29, 0.717) is 11.6 Å².